The number of carbonyl (C=O) groups is 1. The number of nitriles is 1. The largest absolute Gasteiger partial charge is 0.397 e. The zero-order valence-corrected chi connectivity index (χ0v) is 8.99. The van der Waals surface area contributed by atoms with E-state index in [0.29, 0.717) is 23.5 Å². The lowest BCUT2D eigenvalue weighted by atomic mass is 10.2. The van der Waals surface area contributed by atoms with E-state index >= 15 is 0 Å². The first kappa shape index (κ1) is 12.0. The van der Waals surface area contributed by atoms with Gasteiger partial charge in [-0.3, -0.25) is 4.79 Å². The number of amides is 1. The smallest absolute Gasteiger partial charge is 0.250 e. The maximum atomic E-state index is 11.3. The second-order valence-electron chi connectivity index (χ2n) is 3.10. The number of anilines is 2. The number of hydrogen-bond acceptors (Lipinski definition) is 4. The number of nitrogen functional groups attached to an aromatic ring is 1. The second kappa shape index (κ2) is 5.73. The van der Waals surface area contributed by atoms with E-state index < -0.39 is 0 Å². The second-order valence-corrected chi connectivity index (χ2v) is 3.10. The van der Waals surface area contributed by atoms with E-state index in [9.17, 15) is 4.79 Å². The van der Waals surface area contributed by atoms with Crippen molar-refractivity contribution in [1.82, 2.24) is 0 Å². The summed E-state index contributed by atoms with van der Waals surface area (Å²) in [4.78, 5) is 11.3. The molecular formula is C11H13N3O2. The molecule has 0 bridgehead atoms. The van der Waals surface area contributed by atoms with E-state index in [2.05, 4.69) is 5.32 Å². The zero-order valence-electron chi connectivity index (χ0n) is 8.99. The van der Waals surface area contributed by atoms with Gasteiger partial charge in [0.1, 0.15) is 6.61 Å². The monoisotopic (exact) mass is 219 g/mol. The fourth-order valence-corrected chi connectivity index (χ4v) is 1.13. The molecule has 0 aromatic heterocycles. The molecule has 1 amide bonds. The van der Waals surface area contributed by atoms with Gasteiger partial charge < -0.3 is 15.8 Å². The molecule has 0 unspecified atom stereocenters. The Bertz CT molecular complexity index is 424. The zero-order chi connectivity index (χ0) is 12.0. The fraction of sp³-hybridized carbons (Fsp3) is 0.273. The summed E-state index contributed by atoms with van der Waals surface area (Å²) in [6.07, 6.45) is 0. The van der Waals surface area contributed by atoms with Crippen LogP contribution in [0.1, 0.15) is 12.5 Å². The van der Waals surface area contributed by atoms with E-state index in [-0.39, 0.29) is 12.5 Å². The lowest BCUT2D eigenvalue weighted by molar-refractivity contribution is -0.120. The van der Waals surface area contributed by atoms with Crippen LogP contribution in [0.5, 0.6) is 0 Å². The van der Waals surface area contributed by atoms with Crippen LogP contribution in [0.2, 0.25) is 0 Å². The maximum absolute atomic E-state index is 11.3. The Morgan fingerprint density at radius 1 is 1.62 bits per heavy atom. The molecule has 0 saturated heterocycles. The predicted octanol–water partition coefficient (Wildman–Crippen LogP) is 1.12. The number of nitrogens with two attached hydrogens (primary N) is 1. The average Bonchev–Trinajstić information content (AvgIpc) is 2.29. The Morgan fingerprint density at radius 3 is 2.94 bits per heavy atom. The Balaban J connectivity index is 2.68. The Labute approximate surface area is 93.8 Å². The van der Waals surface area contributed by atoms with Crippen LogP contribution in [0.15, 0.2) is 18.2 Å². The van der Waals surface area contributed by atoms with Crippen molar-refractivity contribution in [3.05, 3.63) is 23.8 Å². The molecular weight excluding hydrogens is 206 g/mol. The van der Waals surface area contributed by atoms with Gasteiger partial charge in [-0.2, -0.15) is 5.26 Å². The van der Waals surface area contributed by atoms with E-state index in [4.69, 9.17) is 15.7 Å². The van der Waals surface area contributed by atoms with Gasteiger partial charge in [0.05, 0.1) is 23.0 Å². The van der Waals surface area contributed by atoms with Gasteiger partial charge in [0.2, 0.25) is 5.91 Å². The number of hydrogen-bond donors (Lipinski definition) is 2. The molecule has 84 valence electrons. The van der Waals surface area contributed by atoms with Crippen molar-refractivity contribution in [3.8, 4) is 6.07 Å². The van der Waals surface area contributed by atoms with E-state index in [1.165, 1.54) is 6.07 Å². The highest BCUT2D eigenvalue weighted by Gasteiger charge is 2.05. The quantitative estimate of drug-likeness (QED) is 0.742. The number of rotatable bonds is 4. The molecule has 1 rings (SSSR count). The van der Waals surface area contributed by atoms with Crippen LogP contribution >= 0.6 is 0 Å². The van der Waals surface area contributed by atoms with Crippen LogP contribution in [0.3, 0.4) is 0 Å². The number of nitrogens with zero attached hydrogens (tertiary/aromatic N) is 1. The molecule has 5 nitrogen and oxygen atoms in total. The minimum absolute atomic E-state index is 0.00403. The summed E-state index contributed by atoms with van der Waals surface area (Å²) in [5, 5.41) is 11.2. The third-order valence-electron chi connectivity index (χ3n) is 1.89. The minimum atomic E-state index is -0.266. The van der Waals surface area contributed by atoms with Gasteiger partial charge >= 0.3 is 0 Å². The first-order valence-electron chi connectivity index (χ1n) is 4.84. The summed E-state index contributed by atoms with van der Waals surface area (Å²) in [6.45, 7) is 2.29. The molecule has 5 heteroatoms. The van der Waals surface area contributed by atoms with Crippen molar-refractivity contribution >= 4 is 17.3 Å². The van der Waals surface area contributed by atoms with Crippen molar-refractivity contribution in [2.24, 2.45) is 0 Å². The van der Waals surface area contributed by atoms with E-state index in [0.717, 1.165) is 0 Å². The SMILES string of the molecule is CCOCC(=O)Nc1ccc(C#N)cc1N. The van der Waals surface area contributed by atoms with Gasteiger partial charge in [-0.1, -0.05) is 0 Å². The first-order chi connectivity index (χ1) is 7.67. The van der Waals surface area contributed by atoms with E-state index in [1.54, 1.807) is 12.1 Å². The van der Waals surface area contributed by atoms with Gasteiger partial charge in [-0.25, -0.2) is 0 Å². The van der Waals surface area contributed by atoms with Crippen LogP contribution in [-0.4, -0.2) is 19.1 Å². The summed E-state index contributed by atoms with van der Waals surface area (Å²) in [6, 6.07) is 6.66. The molecule has 0 spiro atoms. The van der Waals surface area contributed by atoms with Crippen molar-refractivity contribution in [2.75, 3.05) is 24.3 Å². The van der Waals surface area contributed by atoms with Crippen molar-refractivity contribution in [3.63, 3.8) is 0 Å². The van der Waals surface area contributed by atoms with Crippen molar-refractivity contribution in [1.29, 1.82) is 5.26 Å². The summed E-state index contributed by atoms with van der Waals surface area (Å²) >= 11 is 0. The molecule has 1 aromatic carbocycles. The number of ether oxygens (including phenoxy) is 1. The standard InChI is InChI=1S/C11H13N3O2/c1-2-16-7-11(15)14-10-4-3-8(6-12)5-9(10)13/h3-5H,2,7,13H2,1H3,(H,14,15). The molecule has 0 saturated carbocycles. The average molecular weight is 219 g/mol. The molecule has 0 atom stereocenters. The minimum Gasteiger partial charge on any atom is -0.397 e. The van der Waals surface area contributed by atoms with Crippen LogP contribution in [-0.2, 0) is 9.53 Å². The molecule has 0 aliphatic carbocycles. The highest BCUT2D eigenvalue weighted by atomic mass is 16.5. The lowest BCUT2D eigenvalue weighted by Gasteiger charge is -2.08. The summed E-state index contributed by atoms with van der Waals surface area (Å²) in [5.41, 5.74) is 6.98. The molecule has 0 aliphatic heterocycles. The topological polar surface area (TPSA) is 88.1 Å². The van der Waals surface area contributed by atoms with Gasteiger partial charge in [0.15, 0.2) is 0 Å². The highest BCUT2D eigenvalue weighted by molar-refractivity contribution is 5.94. The van der Waals surface area contributed by atoms with Gasteiger partial charge in [-0.05, 0) is 25.1 Å². The normalized spacial score (nSPS) is 9.50. The van der Waals surface area contributed by atoms with Crippen LogP contribution in [0.4, 0.5) is 11.4 Å². The Kier molecular flexibility index (Phi) is 4.30. The third-order valence-corrected chi connectivity index (χ3v) is 1.89. The number of nitrogens with one attached hydrogen (secondary N) is 1. The van der Waals surface area contributed by atoms with Crippen molar-refractivity contribution < 1.29 is 9.53 Å². The molecule has 0 radical (unpaired) electrons. The van der Waals surface area contributed by atoms with Gasteiger partial charge in [0.25, 0.3) is 0 Å². The van der Waals surface area contributed by atoms with Gasteiger partial charge in [0, 0.05) is 6.61 Å². The Hall–Kier alpha value is -2.06. The molecule has 16 heavy (non-hydrogen) atoms. The molecule has 1 aromatic rings. The predicted molar refractivity (Wildman–Crippen MR) is 60.7 cm³/mol. The highest BCUT2D eigenvalue weighted by Crippen LogP contribution is 2.19. The van der Waals surface area contributed by atoms with Crippen LogP contribution in [0.25, 0.3) is 0 Å². The maximum Gasteiger partial charge on any atom is 0.250 e. The molecule has 0 heterocycles. The molecule has 0 aliphatic rings. The van der Waals surface area contributed by atoms with Crippen molar-refractivity contribution in [2.45, 2.75) is 6.92 Å². The fourth-order valence-electron chi connectivity index (χ4n) is 1.13. The first-order valence-corrected chi connectivity index (χ1v) is 4.84. The lowest BCUT2D eigenvalue weighted by Crippen LogP contribution is -2.18. The van der Waals surface area contributed by atoms with Crippen LogP contribution in [0, 0.1) is 11.3 Å². The Morgan fingerprint density at radius 2 is 2.38 bits per heavy atom. The summed E-state index contributed by atoms with van der Waals surface area (Å²) in [5.74, 6) is -0.266. The number of carbonyl (C=O) groups excluding carboxylic acids is 1. The summed E-state index contributed by atoms with van der Waals surface area (Å²) < 4.78 is 4.95. The molecule has 3 N–H and O–H groups in total. The van der Waals surface area contributed by atoms with E-state index in [1.807, 2.05) is 13.0 Å². The number of benzene rings is 1. The third kappa shape index (κ3) is 3.26. The van der Waals surface area contributed by atoms with Crippen LogP contribution < -0.4 is 11.1 Å². The summed E-state index contributed by atoms with van der Waals surface area (Å²) in [7, 11) is 0. The molecule has 0 fully saturated rings. The van der Waals surface area contributed by atoms with Gasteiger partial charge in [-0.15, -0.1) is 0 Å².